The molecular formula is C16H29F3IN5O2S. The molecule has 1 aliphatic carbocycles. The highest BCUT2D eigenvalue weighted by atomic mass is 127. The Bertz CT molecular complexity index is 649. The maximum Gasteiger partial charge on any atom is 0.511 e. The number of likely N-dealkylation sites (tertiary alicyclic amines) is 1. The predicted octanol–water partition coefficient (Wildman–Crippen LogP) is 1.57. The topological polar surface area (TPSA) is 77.0 Å². The Hall–Kier alpha value is -0.340. The molecule has 2 N–H and O–H groups in total. The van der Waals surface area contributed by atoms with Gasteiger partial charge < -0.3 is 15.5 Å². The summed E-state index contributed by atoms with van der Waals surface area (Å²) in [4.78, 5) is 6.73. The molecule has 1 unspecified atom stereocenters. The molecule has 7 nitrogen and oxygen atoms in total. The maximum absolute atomic E-state index is 12.6. The molecule has 3 fully saturated rings. The van der Waals surface area contributed by atoms with E-state index < -0.39 is 15.5 Å². The standard InChI is InChI=1S/C16H28F3N5O2S.HI/c1-20-15(21-10-12-4-7-23(11-12)14-2-3-14)22-13-5-8-24(9-6-13)27(25,26)16(17,18)19;/h12-14H,2-11H2,1H3,(H2,20,21,22);1H. The molecule has 3 aliphatic rings. The van der Waals surface area contributed by atoms with Gasteiger partial charge in [0, 0.05) is 45.3 Å². The highest BCUT2D eigenvalue weighted by Gasteiger charge is 2.50. The lowest BCUT2D eigenvalue weighted by molar-refractivity contribution is -0.0494. The van der Waals surface area contributed by atoms with Gasteiger partial charge in [-0.25, -0.2) is 8.42 Å². The second-order valence-corrected chi connectivity index (χ2v) is 9.53. The highest BCUT2D eigenvalue weighted by molar-refractivity contribution is 14.0. The Morgan fingerprint density at radius 2 is 1.75 bits per heavy atom. The molecule has 2 aliphatic heterocycles. The summed E-state index contributed by atoms with van der Waals surface area (Å²) < 4.78 is 61.3. The first-order chi connectivity index (χ1) is 12.7. The largest absolute Gasteiger partial charge is 0.511 e. The number of nitrogens with one attached hydrogen (secondary N) is 2. The van der Waals surface area contributed by atoms with Crippen molar-refractivity contribution in [3.63, 3.8) is 0 Å². The molecule has 0 radical (unpaired) electrons. The molecule has 0 spiro atoms. The van der Waals surface area contributed by atoms with Crippen LogP contribution >= 0.6 is 24.0 Å². The first kappa shape index (κ1) is 23.9. The predicted molar refractivity (Wildman–Crippen MR) is 112 cm³/mol. The van der Waals surface area contributed by atoms with Crippen LogP contribution in [-0.2, 0) is 10.0 Å². The number of nitrogens with zero attached hydrogens (tertiary/aromatic N) is 3. The van der Waals surface area contributed by atoms with Gasteiger partial charge in [-0.05, 0) is 44.6 Å². The van der Waals surface area contributed by atoms with E-state index in [1.165, 1.54) is 12.8 Å². The molecule has 0 aromatic carbocycles. The average Bonchev–Trinajstić information content (AvgIpc) is 3.36. The van der Waals surface area contributed by atoms with Crippen LogP contribution in [0.1, 0.15) is 32.1 Å². The van der Waals surface area contributed by atoms with Gasteiger partial charge >= 0.3 is 15.5 Å². The SMILES string of the molecule is CN=C(NCC1CCN(C2CC2)C1)NC1CCN(S(=O)(=O)C(F)(F)F)CC1.I. The summed E-state index contributed by atoms with van der Waals surface area (Å²) in [6, 6.07) is 0.688. The third-order valence-corrected chi connectivity index (χ3v) is 7.22. The molecule has 12 heteroatoms. The van der Waals surface area contributed by atoms with Crippen LogP contribution in [0.15, 0.2) is 4.99 Å². The lowest BCUT2D eigenvalue weighted by Crippen LogP contribution is -2.52. The Labute approximate surface area is 181 Å². The highest BCUT2D eigenvalue weighted by Crippen LogP contribution is 2.31. The summed E-state index contributed by atoms with van der Waals surface area (Å²) in [6.45, 7) is 2.77. The monoisotopic (exact) mass is 539 g/mol. The van der Waals surface area contributed by atoms with Crippen LogP contribution in [0.4, 0.5) is 13.2 Å². The third-order valence-electron chi connectivity index (χ3n) is 5.59. The van der Waals surface area contributed by atoms with Gasteiger partial charge in [0.15, 0.2) is 5.96 Å². The summed E-state index contributed by atoms with van der Waals surface area (Å²) in [7, 11) is -3.57. The van der Waals surface area contributed by atoms with E-state index >= 15 is 0 Å². The Morgan fingerprint density at radius 1 is 1.11 bits per heavy atom. The van der Waals surface area contributed by atoms with E-state index in [0.717, 1.165) is 32.1 Å². The van der Waals surface area contributed by atoms with Crippen LogP contribution < -0.4 is 10.6 Å². The summed E-state index contributed by atoms with van der Waals surface area (Å²) in [5, 5.41) is 6.51. The van der Waals surface area contributed by atoms with Crippen molar-refractivity contribution >= 4 is 40.0 Å². The minimum Gasteiger partial charge on any atom is -0.356 e. The molecule has 28 heavy (non-hydrogen) atoms. The molecule has 1 atom stereocenters. The number of rotatable bonds is 5. The van der Waals surface area contributed by atoms with Gasteiger partial charge in [-0.1, -0.05) is 0 Å². The molecular weight excluding hydrogens is 510 g/mol. The fraction of sp³-hybridized carbons (Fsp3) is 0.938. The number of sulfonamides is 1. The van der Waals surface area contributed by atoms with E-state index in [-0.39, 0.29) is 43.1 Å². The Morgan fingerprint density at radius 3 is 2.29 bits per heavy atom. The Balaban J connectivity index is 0.00000280. The maximum atomic E-state index is 12.6. The zero-order valence-electron chi connectivity index (χ0n) is 15.9. The fourth-order valence-corrected chi connectivity index (χ4v) is 4.80. The van der Waals surface area contributed by atoms with Gasteiger partial charge in [0.05, 0.1) is 0 Å². The summed E-state index contributed by atoms with van der Waals surface area (Å²) in [5.74, 6) is 1.19. The number of alkyl halides is 3. The van der Waals surface area contributed by atoms with Crippen LogP contribution in [0.3, 0.4) is 0 Å². The van der Waals surface area contributed by atoms with Crippen LogP contribution in [0, 0.1) is 5.92 Å². The molecule has 1 saturated carbocycles. The van der Waals surface area contributed by atoms with Crippen molar-refractivity contribution in [3.8, 4) is 0 Å². The van der Waals surface area contributed by atoms with Gasteiger partial charge in [-0.2, -0.15) is 17.5 Å². The van der Waals surface area contributed by atoms with Crippen molar-refractivity contribution in [2.45, 2.75) is 49.7 Å². The lowest BCUT2D eigenvalue weighted by Gasteiger charge is -2.32. The normalized spacial score (nSPS) is 26.1. The van der Waals surface area contributed by atoms with E-state index in [0.29, 0.717) is 29.0 Å². The zero-order chi connectivity index (χ0) is 19.7. The lowest BCUT2D eigenvalue weighted by atomic mass is 10.1. The van der Waals surface area contributed by atoms with E-state index in [1.54, 1.807) is 7.05 Å². The molecule has 2 heterocycles. The molecule has 0 amide bonds. The molecule has 164 valence electrons. The fourth-order valence-electron chi connectivity index (χ4n) is 3.82. The van der Waals surface area contributed by atoms with Gasteiger partial charge in [0.25, 0.3) is 0 Å². The van der Waals surface area contributed by atoms with Gasteiger partial charge in [0.2, 0.25) is 0 Å². The van der Waals surface area contributed by atoms with E-state index in [4.69, 9.17) is 0 Å². The van der Waals surface area contributed by atoms with Gasteiger partial charge in [0.1, 0.15) is 0 Å². The second kappa shape index (κ2) is 9.65. The van der Waals surface area contributed by atoms with Crippen LogP contribution in [-0.4, -0.2) is 80.9 Å². The number of aliphatic imine (C=N–C) groups is 1. The van der Waals surface area contributed by atoms with Crippen molar-refractivity contribution < 1.29 is 21.6 Å². The van der Waals surface area contributed by atoms with Gasteiger partial charge in [-0.3, -0.25) is 4.99 Å². The number of halogens is 4. The van der Waals surface area contributed by atoms with Crippen molar-refractivity contribution in [1.82, 2.24) is 19.8 Å². The van der Waals surface area contributed by atoms with Crippen LogP contribution in [0.5, 0.6) is 0 Å². The van der Waals surface area contributed by atoms with Crippen molar-refractivity contribution in [2.75, 3.05) is 39.8 Å². The van der Waals surface area contributed by atoms with E-state index in [2.05, 4.69) is 20.5 Å². The summed E-state index contributed by atoms with van der Waals surface area (Å²) >= 11 is 0. The van der Waals surface area contributed by atoms with Crippen molar-refractivity contribution in [2.24, 2.45) is 10.9 Å². The number of hydrogen-bond acceptors (Lipinski definition) is 4. The number of guanidine groups is 1. The number of hydrogen-bond donors (Lipinski definition) is 2. The zero-order valence-corrected chi connectivity index (χ0v) is 19.1. The molecule has 2 saturated heterocycles. The first-order valence-electron chi connectivity index (χ1n) is 9.48. The summed E-state index contributed by atoms with van der Waals surface area (Å²) in [6.07, 6.45) is 4.41. The molecule has 0 aromatic rings. The van der Waals surface area contributed by atoms with Gasteiger partial charge in [-0.15, -0.1) is 24.0 Å². The first-order valence-corrected chi connectivity index (χ1v) is 10.9. The smallest absolute Gasteiger partial charge is 0.356 e. The molecule has 3 rings (SSSR count). The van der Waals surface area contributed by atoms with E-state index in [1.807, 2.05) is 0 Å². The average molecular weight is 539 g/mol. The Kier molecular flexibility index (Phi) is 8.25. The summed E-state index contributed by atoms with van der Waals surface area (Å²) in [5.41, 5.74) is -5.24. The minimum absolute atomic E-state index is 0. The van der Waals surface area contributed by atoms with Crippen LogP contribution in [0.2, 0.25) is 0 Å². The molecule has 0 bridgehead atoms. The molecule has 0 aromatic heterocycles. The quantitative estimate of drug-likeness (QED) is 0.315. The van der Waals surface area contributed by atoms with Crippen LogP contribution in [0.25, 0.3) is 0 Å². The number of piperidine rings is 1. The van der Waals surface area contributed by atoms with Crippen molar-refractivity contribution in [1.29, 1.82) is 0 Å². The second-order valence-electron chi connectivity index (χ2n) is 7.60. The van der Waals surface area contributed by atoms with Crippen molar-refractivity contribution in [3.05, 3.63) is 0 Å². The third kappa shape index (κ3) is 5.85. The van der Waals surface area contributed by atoms with E-state index in [9.17, 15) is 21.6 Å². The minimum atomic E-state index is -5.24.